The number of fused-ring (bicyclic) bond motifs is 1. The summed E-state index contributed by atoms with van der Waals surface area (Å²) < 4.78 is 1.78. The van der Waals surface area contributed by atoms with Crippen LogP contribution in [0.5, 0.6) is 0 Å². The first-order valence-corrected chi connectivity index (χ1v) is 8.19. The average Bonchev–Trinajstić information content (AvgIpc) is 2.99. The molecule has 0 bridgehead atoms. The predicted molar refractivity (Wildman–Crippen MR) is 92.0 cm³/mol. The molecule has 0 saturated carbocycles. The molecule has 0 aliphatic rings. The van der Waals surface area contributed by atoms with Gasteiger partial charge in [0.05, 0.1) is 11.9 Å². The molecular weight excluding hydrogens is 288 g/mol. The molecule has 0 radical (unpaired) electrons. The van der Waals surface area contributed by atoms with Crippen LogP contribution in [0.15, 0.2) is 35.3 Å². The highest BCUT2D eigenvalue weighted by atomic mass is 16.1. The molecule has 3 rings (SSSR count). The molecule has 1 atom stereocenters. The standard InChI is InChI=1S/C18H22N4O/c1-4-12(3)10-16-20-17-14(18(23)21-16)11-19-22(17)15-9-7-6-8-13(15)5-2/h6-9,11-12H,4-5,10H2,1-3H3,(H,20,21,23). The predicted octanol–water partition coefficient (Wildman–Crippen LogP) is 3.26. The number of nitrogens with zero attached hydrogens (tertiary/aromatic N) is 3. The van der Waals surface area contributed by atoms with Gasteiger partial charge < -0.3 is 4.98 Å². The van der Waals surface area contributed by atoms with E-state index in [4.69, 9.17) is 0 Å². The number of hydrogen-bond donors (Lipinski definition) is 1. The van der Waals surface area contributed by atoms with Crippen LogP contribution in [-0.4, -0.2) is 19.7 Å². The zero-order valence-electron chi connectivity index (χ0n) is 13.8. The molecule has 1 N–H and O–H groups in total. The Morgan fingerprint density at radius 1 is 1.26 bits per heavy atom. The van der Waals surface area contributed by atoms with Gasteiger partial charge in [0.2, 0.25) is 0 Å². The van der Waals surface area contributed by atoms with Gasteiger partial charge in [-0.3, -0.25) is 4.79 Å². The molecule has 5 nitrogen and oxygen atoms in total. The third-order valence-electron chi connectivity index (χ3n) is 4.33. The summed E-state index contributed by atoms with van der Waals surface area (Å²) in [6.45, 7) is 6.41. The minimum absolute atomic E-state index is 0.117. The number of H-pyrrole nitrogens is 1. The van der Waals surface area contributed by atoms with Gasteiger partial charge in [0.25, 0.3) is 5.56 Å². The number of aryl methyl sites for hydroxylation is 1. The van der Waals surface area contributed by atoms with Gasteiger partial charge in [-0.15, -0.1) is 0 Å². The van der Waals surface area contributed by atoms with Crippen LogP contribution in [0.2, 0.25) is 0 Å². The number of nitrogens with one attached hydrogen (secondary N) is 1. The number of aromatic nitrogens is 4. The molecule has 0 spiro atoms. The Bertz CT molecular complexity index is 878. The highest BCUT2D eigenvalue weighted by Crippen LogP contribution is 2.19. The number of rotatable bonds is 5. The molecule has 0 aliphatic carbocycles. The summed E-state index contributed by atoms with van der Waals surface area (Å²) in [5.41, 5.74) is 2.68. The van der Waals surface area contributed by atoms with Crippen molar-refractivity contribution in [2.75, 3.05) is 0 Å². The van der Waals surface area contributed by atoms with E-state index in [1.165, 1.54) is 5.56 Å². The molecule has 2 aromatic heterocycles. The summed E-state index contributed by atoms with van der Waals surface area (Å²) in [5, 5.41) is 4.94. The Morgan fingerprint density at radius 2 is 2.04 bits per heavy atom. The number of hydrogen-bond acceptors (Lipinski definition) is 3. The second kappa shape index (κ2) is 6.36. The van der Waals surface area contributed by atoms with E-state index in [9.17, 15) is 4.79 Å². The molecule has 120 valence electrons. The van der Waals surface area contributed by atoms with E-state index in [1.807, 2.05) is 18.2 Å². The lowest BCUT2D eigenvalue weighted by molar-refractivity contribution is 0.543. The van der Waals surface area contributed by atoms with Crippen LogP contribution in [0.3, 0.4) is 0 Å². The van der Waals surface area contributed by atoms with Gasteiger partial charge in [-0.25, -0.2) is 9.67 Å². The highest BCUT2D eigenvalue weighted by molar-refractivity contribution is 5.75. The first-order valence-electron chi connectivity index (χ1n) is 8.19. The summed E-state index contributed by atoms with van der Waals surface area (Å²) in [6.07, 6.45) is 4.32. The van der Waals surface area contributed by atoms with E-state index >= 15 is 0 Å². The van der Waals surface area contributed by atoms with Crippen LogP contribution in [0.4, 0.5) is 0 Å². The van der Waals surface area contributed by atoms with Crippen LogP contribution in [-0.2, 0) is 12.8 Å². The monoisotopic (exact) mass is 310 g/mol. The van der Waals surface area contributed by atoms with E-state index in [-0.39, 0.29) is 5.56 Å². The normalized spacial score (nSPS) is 12.7. The second-order valence-corrected chi connectivity index (χ2v) is 6.01. The third-order valence-corrected chi connectivity index (χ3v) is 4.33. The molecule has 0 aliphatic heterocycles. The maximum absolute atomic E-state index is 12.3. The number of benzene rings is 1. The Hall–Kier alpha value is -2.43. The lowest BCUT2D eigenvalue weighted by atomic mass is 10.1. The minimum Gasteiger partial charge on any atom is -0.310 e. The second-order valence-electron chi connectivity index (χ2n) is 6.01. The maximum Gasteiger partial charge on any atom is 0.262 e. The Balaban J connectivity index is 2.17. The van der Waals surface area contributed by atoms with Crippen LogP contribution in [0.1, 0.15) is 38.6 Å². The van der Waals surface area contributed by atoms with Crippen molar-refractivity contribution in [1.29, 1.82) is 0 Å². The van der Waals surface area contributed by atoms with Crippen LogP contribution < -0.4 is 5.56 Å². The summed E-state index contributed by atoms with van der Waals surface area (Å²) in [5.74, 6) is 1.21. The minimum atomic E-state index is -0.117. The molecule has 1 unspecified atom stereocenters. The van der Waals surface area contributed by atoms with Gasteiger partial charge in [0.15, 0.2) is 5.65 Å². The van der Waals surface area contributed by atoms with Gasteiger partial charge >= 0.3 is 0 Å². The fraction of sp³-hybridized carbons (Fsp3) is 0.389. The van der Waals surface area contributed by atoms with E-state index in [1.54, 1.807) is 10.9 Å². The summed E-state index contributed by atoms with van der Waals surface area (Å²) in [4.78, 5) is 19.9. The first-order chi connectivity index (χ1) is 11.1. The van der Waals surface area contributed by atoms with E-state index in [0.717, 1.165) is 30.8 Å². The quantitative estimate of drug-likeness (QED) is 0.786. The molecule has 0 amide bonds. The van der Waals surface area contributed by atoms with E-state index in [0.29, 0.717) is 17.0 Å². The van der Waals surface area contributed by atoms with E-state index in [2.05, 4.69) is 41.9 Å². The maximum atomic E-state index is 12.3. The van der Waals surface area contributed by atoms with Crippen LogP contribution in [0, 0.1) is 5.92 Å². The first kappa shape index (κ1) is 15.5. The molecule has 5 heteroatoms. The van der Waals surface area contributed by atoms with Crippen LogP contribution >= 0.6 is 0 Å². The molecule has 0 fully saturated rings. The fourth-order valence-corrected chi connectivity index (χ4v) is 2.73. The molecule has 0 saturated heterocycles. The molecule has 23 heavy (non-hydrogen) atoms. The molecule has 1 aromatic carbocycles. The van der Waals surface area contributed by atoms with Gasteiger partial charge in [-0.05, 0) is 24.0 Å². The summed E-state index contributed by atoms with van der Waals surface area (Å²) in [7, 11) is 0. The molecule has 2 heterocycles. The van der Waals surface area contributed by atoms with Crippen molar-refractivity contribution in [2.45, 2.75) is 40.0 Å². The van der Waals surface area contributed by atoms with Crippen molar-refractivity contribution in [1.82, 2.24) is 19.7 Å². The number of aromatic amines is 1. The highest BCUT2D eigenvalue weighted by Gasteiger charge is 2.14. The van der Waals surface area contributed by atoms with Crippen molar-refractivity contribution >= 4 is 11.0 Å². The van der Waals surface area contributed by atoms with Crippen molar-refractivity contribution in [3.05, 3.63) is 52.2 Å². The van der Waals surface area contributed by atoms with Gasteiger partial charge in [0.1, 0.15) is 11.2 Å². The third kappa shape index (κ3) is 2.91. The smallest absolute Gasteiger partial charge is 0.262 e. The Morgan fingerprint density at radius 3 is 2.78 bits per heavy atom. The zero-order chi connectivity index (χ0) is 16.4. The number of para-hydroxylation sites is 1. The summed E-state index contributed by atoms with van der Waals surface area (Å²) in [6, 6.07) is 8.09. The van der Waals surface area contributed by atoms with Crippen molar-refractivity contribution in [3.63, 3.8) is 0 Å². The molecule has 3 aromatic rings. The van der Waals surface area contributed by atoms with Crippen molar-refractivity contribution in [2.24, 2.45) is 5.92 Å². The Kier molecular flexibility index (Phi) is 4.28. The topological polar surface area (TPSA) is 63.6 Å². The van der Waals surface area contributed by atoms with Crippen LogP contribution in [0.25, 0.3) is 16.7 Å². The average molecular weight is 310 g/mol. The van der Waals surface area contributed by atoms with Gasteiger partial charge in [-0.1, -0.05) is 45.4 Å². The summed E-state index contributed by atoms with van der Waals surface area (Å²) >= 11 is 0. The lowest BCUT2D eigenvalue weighted by Gasteiger charge is -2.10. The lowest BCUT2D eigenvalue weighted by Crippen LogP contribution is -2.14. The fourth-order valence-electron chi connectivity index (χ4n) is 2.73. The van der Waals surface area contributed by atoms with Crippen molar-refractivity contribution in [3.8, 4) is 5.69 Å². The largest absolute Gasteiger partial charge is 0.310 e. The molecular formula is C18H22N4O. The van der Waals surface area contributed by atoms with E-state index < -0.39 is 0 Å². The van der Waals surface area contributed by atoms with Crippen molar-refractivity contribution < 1.29 is 0 Å². The SMILES string of the molecule is CCc1ccccc1-n1ncc2c(=O)[nH]c(CC(C)CC)nc21. The zero-order valence-corrected chi connectivity index (χ0v) is 13.8. The Labute approximate surface area is 135 Å². The van der Waals surface area contributed by atoms with Gasteiger partial charge in [0, 0.05) is 6.42 Å². The van der Waals surface area contributed by atoms with Gasteiger partial charge in [-0.2, -0.15) is 5.10 Å².